The SMILES string of the molecule is NNC(=O)c1ncccc1F. The second-order valence-electron chi connectivity index (χ2n) is 1.81. The first-order valence-corrected chi connectivity index (χ1v) is 2.87. The number of carbonyl (C=O) groups excluding carboxylic acids is 1. The molecule has 1 aromatic heterocycles. The van der Waals surface area contributed by atoms with Crippen LogP contribution in [-0.4, -0.2) is 10.9 Å². The van der Waals surface area contributed by atoms with E-state index in [2.05, 4.69) is 4.98 Å². The Kier molecular flexibility index (Phi) is 2.12. The predicted octanol–water partition coefficient (Wildman–Crippen LogP) is -0.176. The molecule has 0 aromatic carbocycles. The summed E-state index contributed by atoms with van der Waals surface area (Å²) in [5.41, 5.74) is 1.48. The lowest BCUT2D eigenvalue weighted by Crippen LogP contribution is -2.31. The fourth-order valence-corrected chi connectivity index (χ4v) is 0.621. The minimum Gasteiger partial charge on any atom is -0.289 e. The molecule has 58 valence electrons. The van der Waals surface area contributed by atoms with Crippen molar-refractivity contribution in [1.29, 1.82) is 0 Å². The van der Waals surface area contributed by atoms with Crippen LogP contribution in [0.5, 0.6) is 0 Å². The van der Waals surface area contributed by atoms with Gasteiger partial charge in [0, 0.05) is 6.20 Å². The Balaban J connectivity index is 3.03. The van der Waals surface area contributed by atoms with E-state index in [-0.39, 0.29) is 5.69 Å². The normalized spacial score (nSPS) is 9.27. The fourth-order valence-electron chi connectivity index (χ4n) is 0.621. The molecular weight excluding hydrogens is 149 g/mol. The lowest BCUT2D eigenvalue weighted by Gasteiger charge is -1.97. The maximum atomic E-state index is 12.6. The van der Waals surface area contributed by atoms with Crippen LogP contribution in [0.25, 0.3) is 0 Å². The van der Waals surface area contributed by atoms with Crippen molar-refractivity contribution >= 4 is 5.91 Å². The molecule has 0 saturated heterocycles. The van der Waals surface area contributed by atoms with Crippen molar-refractivity contribution in [2.45, 2.75) is 0 Å². The maximum Gasteiger partial charge on any atom is 0.286 e. The Morgan fingerprint density at radius 1 is 1.73 bits per heavy atom. The molecule has 0 unspecified atom stereocenters. The summed E-state index contributed by atoms with van der Waals surface area (Å²) < 4.78 is 12.6. The highest BCUT2D eigenvalue weighted by Crippen LogP contribution is 2.00. The highest BCUT2D eigenvalue weighted by molar-refractivity contribution is 5.91. The molecule has 11 heavy (non-hydrogen) atoms. The van der Waals surface area contributed by atoms with Crippen molar-refractivity contribution in [1.82, 2.24) is 10.4 Å². The number of nitrogens with two attached hydrogens (primary N) is 1. The average Bonchev–Trinajstić information content (AvgIpc) is 2.04. The molecule has 0 spiro atoms. The van der Waals surface area contributed by atoms with Gasteiger partial charge in [-0.2, -0.15) is 0 Å². The van der Waals surface area contributed by atoms with Gasteiger partial charge in [-0.15, -0.1) is 0 Å². The molecule has 0 saturated carbocycles. The summed E-state index contributed by atoms with van der Waals surface area (Å²) in [7, 11) is 0. The van der Waals surface area contributed by atoms with Gasteiger partial charge in [-0.1, -0.05) is 0 Å². The average molecular weight is 155 g/mol. The second kappa shape index (κ2) is 3.07. The largest absolute Gasteiger partial charge is 0.289 e. The number of aromatic nitrogens is 1. The fraction of sp³-hybridized carbons (Fsp3) is 0. The minimum absolute atomic E-state index is 0.296. The summed E-state index contributed by atoms with van der Waals surface area (Å²) in [4.78, 5) is 14.2. The summed E-state index contributed by atoms with van der Waals surface area (Å²) in [6.07, 6.45) is 1.31. The molecular formula is C6H6FN3O. The number of hydrazine groups is 1. The van der Waals surface area contributed by atoms with E-state index in [4.69, 9.17) is 5.84 Å². The molecule has 1 rings (SSSR count). The first-order valence-electron chi connectivity index (χ1n) is 2.87. The van der Waals surface area contributed by atoms with Crippen LogP contribution >= 0.6 is 0 Å². The summed E-state index contributed by atoms with van der Waals surface area (Å²) in [5, 5.41) is 0. The molecule has 0 radical (unpaired) electrons. The van der Waals surface area contributed by atoms with Gasteiger partial charge in [-0.05, 0) is 12.1 Å². The first-order chi connectivity index (χ1) is 5.25. The third-order valence-corrected chi connectivity index (χ3v) is 1.10. The number of pyridine rings is 1. The van der Waals surface area contributed by atoms with Gasteiger partial charge in [0.1, 0.15) is 0 Å². The first kappa shape index (κ1) is 7.62. The zero-order chi connectivity index (χ0) is 8.27. The molecule has 4 nitrogen and oxygen atoms in total. The van der Waals surface area contributed by atoms with E-state index in [9.17, 15) is 9.18 Å². The van der Waals surface area contributed by atoms with Crippen molar-refractivity contribution in [3.8, 4) is 0 Å². The lowest BCUT2D eigenvalue weighted by atomic mass is 10.3. The molecule has 5 heteroatoms. The van der Waals surface area contributed by atoms with Crippen LogP contribution in [-0.2, 0) is 0 Å². The topological polar surface area (TPSA) is 68.0 Å². The summed E-state index contributed by atoms with van der Waals surface area (Å²) in [6.45, 7) is 0. The number of halogens is 1. The Labute approximate surface area is 62.2 Å². The molecule has 0 atom stereocenters. The van der Waals surface area contributed by atoms with Crippen molar-refractivity contribution in [3.63, 3.8) is 0 Å². The van der Waals surface area contributed by atoms with Crippen LogP contribution < -0.4 is 11.3 Å². The van der Waals surface area contributed by atoms with Crippen LogP contribution in [0.2, 0.25) is 0 Å². The van der Waals surface area contributed by atoms with E-state index in [1.807, 2.05) is 0 Å². The van der Waals surface area contributed by atoms with E-state index >= 15 is 0 Å². The summed E-state index contributed by atoms with van der Waals surface area (Å²) in [5.74, 6) is 3.35. The molecule has 1 aromatic rings. The molecule has 1 amide bonds. The van der Waals surface area contributed by atoms with Gasteiger partial charge in [0.05, 0.1) is 0 Å². The third kappa shape index (κ3) is 1.50. The van der Waals surface area contributed by atoms with Crippen molar-refractivity contribution < 1.29 is 9.18 Å². The van der Waals surface area contributed by atoms with E-state index in [0.29, 0.717) is 0 Å². The molecule has 0 aliphatic carbocycles. The van der Waals surface area contributed by atoms with Gasteiger partial charge < -0.3 is 0 Å². The number of amides is 1. The Morgan fingerprint density at radius 3 is 3.00 bits per heavy atom. The van der Waals surface area contributed by atoms with Crippen molar-refractivity contribution in [3.05, 3.63) is 29.8 Å². The highest BCUT2D eigenvalue weighted by Gasteiger charge is 2.09. The summed E-state index contributed by atoms with van der Waals surface area (Å²) >= 11 is 0. The standard InChI is InChI=1S/C6H6FN3O/c7-4-2-1-3-9-5(4)6(11)10-8/h1-3H,8H2,(H,10,11). The van der Waals surface area contributed by atoms with E-state index in [1.54, 1.807) is 5.43 Å². The maximum absolute atomic E-state index is 12.6. The smallest absolute Gasteiger partial charge is 0.286 e. The van der Waals surface area contributed by atoms with Crippen LogP contribution in [0.3, 0.4) is 0 Å². The van der Waals surface area contributed by atoms with Gasteiger partial charge in [-0.25, -0.2) is 15.2 Å². The van der Waals surface area contributed by atoms with Gasteiger partial charge in [0.15, 0.2) is 11.5 Å². The molecule has 3 N–H and O–H groups in total. The van der Waals surface area contributed by atoms with Gasteiger partial charge in [0.2, 0.25) is 0 Å². The number of nitrogens with zero attached hydrogens (tertiary/aromatic N) is 1. The molecule has 0 fully saturated rings. The molecule has 0 aliphatic rings. The van der Waals surface area contributed by atoms with E-state index in [1.165, 1.54) is 12.3 Å². The number of carbonyl (C=O) groups is 1. The lowest BCUT2D eigenvalue weighted by molar-refractivity contribution is 0.0944. The van der Waals surface area contributed by atoms with Crippen LogP contribution in [0, 0.1) is 5.82 Å². The van der Waals surface area contributed by atoms with E-state index < -0.39 is 11.7 Å². The number of nitrogen functional groups attached to an aromatic ring is 1. The Bertz CT molecular complexity index is 276. The van der Waals surface area contributed by atoms with E-state index in [0.717, 1.165) is 6.07 Å². The zero-order valence-corrected chi connectivity index (χ0v) is 5.54. The van der Waals surface area contributed by atoms with Gasteiger partial charge in [-0.3, -0.25) is 10.2 Å². The number of nitrogens with one attached hydrogen (secondary N) is 1. The quantitative estimate of drug-likeness (QED) is 0.336. The third-order valence-electron chi connectivity index (χ3n) is 1.10. The van der Waals surface area contributed by atoms with Crippen molar-refractivity contribution in [2.24, 2.45) is 5.84 Å². The number of rotatable bonds is 1. The highest BCUT2D eigenvalue weighted by atomic mass is 19.1. The predicted molar refractivity (Wildman–Crippen MR) is 35.8 cm³/mol. The van der Waals surface area contributed by atoms with Crippen LogP contribution in [0.15, 0.2) is 18.3 Å². The van der Waals surface area contributed by atoms with Gasteiger partial charge in [0.25, 0.3) is 5.91 Å². The molecule has 0 bridgehead atoms. The van der Waals surface area contributed by atoms with Crippen LogP contribution in [0.4, 0.5) is 4.39 Å². The Hall–Kier alpha value is -1.49. The van der Waals surface area contributed by atoms with Crippen molar-refractivity contribution in [2.75, 3.05) is 0 Å². The number of hydrogen-bond donors (Lipinski definition) is 2. The second-order valence-corrected chi connectivity index (χ2v) is 1.81. The molecule has 1 heterocycles. The summed E-state index contributed by atoms with van der Waals surface area (Å²) in [6, 6.07) is 2.53. The van der Waals surface area contributed by atoms with Crippen LogP contribution in [0.1, 0.15) is 10.5 Å². The zero-order valence-electron chi connectivity index (χ0n) is 5.54. The number of hydrogen-bond acceptors (Lipinski definition) is 3. The van der Waals surface area contributed by atoms with Gasteiger partial charge >= 0.3 is 0 Å². The molecule has 0 aliphatic heterocycles. The monoisotopic (exact) mass is 155 g/mol. The minimum atomic E-state index is -0.733. The Morgan fingerprint density at radius 2 is 2.45 bits per heavy atom.